The zero-order chi connectivity index (χ0) is 19.8. The Labute approximate surface area is 161 Å². The molecule has 1 atom stereocenters. The molecule has 0 spiro atoms. The van der Waals surface area contributed by atoms with Crippen LogP contribution in [0.4, 0.5) is 8.78 Å². The zero-order valence-corrected chi connectivity index (χ0v) is 15.9. The van der Waals surface area contributed by atoms with Crippen LogP contribution in [-0.4, -0.2) is 23.7 Å². The summed E-state index contributed by atoms with van der Waals surface area (Å²) < 4.78 is 31.4. The van der Waals surface area contributed by atoms with Crippen molar-refractivity contribution in [1.82, 2.24) is 5.32 Å². The summed E-state index contributed by atoms with van der Waals surface area (Å²) in [5, 5.41) is 2.81. The lowest BCUT2D eigenvalue weighted by molar-refractivity contribution is -0.148. The average Bonchev–Trinajstić information content (AvgIpc) is 2.62. The molecule has 0 bridgehead atoms. The quantitative estimate of drug-likeness (QED) is 0.538. The maximum Gasteiger partial charge on any atom is 0.308 e. The first-order chi connectivity index (χ1) is 12.8. The van der Waals surface area contributed by atoms with Gasteiger partial charge in [-0.3, -0.25) is 9.59 Å². The van der Waals surface area contributed by atoms with Crippen molar-refractivity contribution in [3.63, 3.8) is 0 Å². The van der Waals surface area contributed by atoms with Gasteiger partial charge in [0.25, 0.3) is 0 Å². The van der Waals surface area contributed by atoms with Crippen LogP contribution in [0, 0.1) is 11.6 Å². The van der Waals surface area contributed by atoms with E-state index in [0.717, 1.165) is 29.5 Å². The number of hydrogen-bond acceptors (Lipinski definition) is 4. The van der Waals surface area contributed by atoms with Gasteiger partial charge in [-0.25, -0.2) is 8.78 Å². The highest BCUT2D eigenvalue weighted by Gasteiger charge is 2.20. The molecule has 1 amide bonds. The molecule has 2 rings (SSSR count). The maximum absolute atomic E-state index is 13.2. The molecule has 0 aromatic heterocycles. The first kappa shape index (κ1) is 20.9. The number of ether oxygens (including phenoxy) is 1. The van der Waals surface area contributed by atoms with Gasteiger partial charge in [0, 0.05) is 4.90 Å². The predicted octanol–water partition coefficient (Wildman–Crippen LogP) is 4.26. The van der Waals surface area contributed by atoms with E-state index in [2.05, 4.69) is 5.32 Å². The highest BCUT2D eigenvalue weighted by Crippen LogP contribution is 2.22. The molecule has 4 nitrogen and oxygen atoms in total. The molecule has 0 fully saturated rings. The Balaban J connectivity index is 1.99. The van der Waals surface area contributed by atoms with Crippen molar-refractivity contribution in [2.24, 2.45) is 0 Å². The van der Waals surface area contributed by atoms with Gasteiger partial charge < -0.3 is 10.1 Å². The van der Waals surface area contributed by atoms with E-state index in [4.69, 9.17) is 4.74 Å². The summed E-state index contributed by atoms with van der Waals surface area (Å²) in [6.07, 6.45) is -0.238. The van der Waals surface area contributed by atoms with Gasteiger partial charge in [-0.2, -0.15) is 0 Å². The van der Waals surface area contributed by atoms with E-state index < -0.39 is 23.6 Å². The third kappa shape index (κ3) is 7.02. The SMILES string of the molecule is CC(C)OC(=O)CC(NC(=O)CSc1ccc(F)c(F)c1)c1ccccc1. The Morgan fingerprint density at radius 1 is 1.07 bits per heavy atom. The second kappa shape index (κ2) is 10.1. The van der Waals surface area contributed by atoms with Gasteiger partial charge in [-0.05, 0) is 37.6 Å². The van der Waals surface area contributed by atoms with Crippen LogP contribution in [0.3, 0.4) is 0 Å². The molecule has 2 aromatic carbocycles. The Kier molecular flexibility index (Phi) is 7.79. The van der Waals surface area contributed by atoms with Crippen LogP contribution in [0.15, 0.2) is 53.4 Å². The number of nitrogens with one attached hydrogen (secondary N) is 1. The van der Waals surface area contributed by atoms with Gasteiger partial charge in [-0.15, -0.1) is 11.8 Å². The van der Waals surface area contributed by atoms with Gasteiger partial charge >= 0.3 is 5.97 Å². The zero-order valence-electron chi connectivity index (χ0n) is 15.1. The lowest BCUT2D eigenvalue weighted by Crippen LogP contribution is -2.32. The van der Waals surface area contributed by atoms with Crippen molar-refractivity contribution in [3.8, 4) is 0 Å². The molecular formula is C20H21F2NO3S. The number of thioether (sulfide) groups is 1. The van der Waals surface area contributed by atoms with Gasteiger partial charge in [-0.1, -0.05) is 30.3 Å². The first-order valence-corrected chi connectivity index (χ1v) is 9.45. The summed E-state index contributed by atoms with van der Waals surface area (Å²) in [4.78, 5) is 24.8. The summed E-state index contributed by atoms with van der Waals surface area (Å²) in [5.41, 5.74) is 0.782. The largest absolute Gasteiger partial charge is 0.463 e. The Morgan fingerprint density at radius 3 is 2.41 bits per heavy atom. The Hall–Kier alpha value is -2.41. The fourth-order valence-electron chi connectivity index (χ4n) is 2.37. The average molecular weight is 393 g/mol. The van der Waals surface area contributed by atoms with E-state index in [9.17, 15) is 18.4 Å². The molecule has 0 heterocycles. The van der Waals surface area contributed by atoms with Gasteiger partial charge in [0.15, 0.2) is 11.6 Å². The number of rotatable bonds is 8. The second-order valence-electron chi connectivity index (χ2n) is 6.14. The van der Waals surface area contributed by atoms with Gasteiger partial charge in [0.1, 0.15) is 0 Å². The third-order valence-electron chi connectivity index (χ3n) is 3.54. The monoisotopic (exact) mass is 393 g/mol. The predicted molar refractivity (Wildman–Crippen MR) is 100 cm³/mol. The van der Waals surface area contributed by atoms with Crippen molar-refractivity contribution in [3.05, 3.63) is 65.7 Å². The van der Waals surface area contributed by atoms with Gasteiger partial charge in [0.2, 0.25) is 5.91 Å². The molecule has 2 aromatic rings. The molecule has 0 saturated carbocycles. The fourth-order valence-corrected chi connectivity index (χ4v) is 3.10. The van der Waals surface area contributed by atoms with E-state index >= 15 is 0 Å². The van der Waals surface area contributed by atoms with Crippen LogP contribution in [-0.2, 0) is 14.3 Å². The fraction of sp³-hybridized carbons (Fsp3) is 0.300. The number of halogens is 2. The van der Waals surface area contributed by atoms with E-state index in [1.807, 2.05) is 30.3 Å². The summed E-state index contributed by atoms with van der Waals surface area (Å²) in [6, 6.07) is 12.0. The number of benzene rings is 2. The molecule has 0 aliphatic rings. The molecule has 144 valence electrons. The molecule has 7 heteroatoms. The maximum atomic E-state index is 13.2. The molecule has 0 saturated heterocycles. The van der Waals surface area contributed by atoms with Crippen molar-refractivity contribution in [1.29, 1.82) is 0 Å². The van der Waals surface area contributed by atoms with E-state index in [1.54, 1.807) is 13.8 Å². The minimum atomic E-state index is -0.959. The molecule has 1 N–H and O–H groups in total. The minimum Gasteiger partial charge on any atom is -0.463 e. The third-order valence-corrected chi connectivity index (χ3v) is 4.53. The summed E-state index contributed by atoms with van der Waals surface area (Å²) >= 11 is 1.08. The lowest BCUT2D eigenvalue weighted by atomic mass is 10.0. The van der Waals surface area contributed by atoms with Crippen LogP contribution < -0.4 is 5.32 Å². The van der Waals surface area contributed by atoms with Crippen molar-refractivity contribution >= 4 is 23.6 Å². The van der Waals surface area contributed by atoms with Gasteiger partial charge in [0.05, 0.1) is 24.3 Å². The topological polar surface area (TPSA) is 55.4 Å². The number of carbonyl (C=O) groups excluding carboxylic acids is 2. The number of hydrogen-bond donors (Lipinski definition) is 1. The van der Waals surface area contributed by atoms with Crippen LogP contribution in [0.5, 0.6) is 0 Å². The van der Waals surface area contributed by atoms with Crippen molar-refractivity contribution in [2.45, 2.75) is 37.3 Å². The van der Waals surface area contributed by atoms with E-state index in [1.165, 1.54) is 6.07 Å². The molecule has 0 aliphatic carbocycles. The number of esters is 1. The molecule has 1 unspecified atom stereocenters. The first-order valence-electron chi connectivity index (χ1n) is 8.46. The van der Waals surface area contributed by atoms with Crippen molar-refractivity contribution in [2.75, 3.05) is 5.75 Å². The number of carbonyl (C=O) groups is 2. The Bertz CT molecular complexity index is 784. The number of amides is 1. The second-order valence-corrected chi connectivity index (χ2v) is 7.19. The molecule has 0 aliphatic heterocycles. The summed E-state index contributed by atoms with van der Waals surface area (Å²) in [6.45, 7) is 3.51. The van der Waals surface area contributed by atoms with Crippen LogP contribution in [0.2, 0.25) is 0 Å². The highest BCUT2D eigenvalue weighted by atomic mass is 32.2. The summed E-state index contributed by atoms with van der Waals surface area (Å²) in [7, 11) is 0. The minimum absolute atomic E-state index is 0.00375. The van der Waals surface area contributed by atoms with Crippen LogP contribution in [0.25, 0.3) is 0 Å². The molecule has 0 radical (unpaired) electrons. The molecule has 27 heavy (non-hydrogen) atoms. The Morgan fingerprint density at radius 2 is 1.78 bits per heavy atom. The summed E-state index contributed by atoms with van der Waals surface area (Å²) in [5.74, 6) is -2.62. The van der Waals surface area contributed by atoms with E-state index in [0.29, 0.717) is 4.90 Å². The smallest absolute Gasteiger partial charge is 0.308 e. The van der Waals surface area contributed by atoms with Crippen LogP contribution in [0.1, 0.15) is 31.9 Å². The lowest BCUT2D eigenvalue weighted by Gasteiger charge is -2.19. The standard InChI is InChI=1S/C20H21F2NO3S/c1-13(2)26-20(25)11-18(14-6-4-3-5-7-14)23-19(24)12-27-15-8-9-16(21)17(22)10-15/h3-10,13,18H,11-12H2,1-2H3,(H,23,24). The highest BCUT2D eigenvalue weighted by molar-refractivity contribution is 8.00. The van der Waals surface area contributed by atoms with Crippen molar-refractivity contribution < 1.29 is 23.1 Å². The van der Waals surface area contributed by atoms with Crippen LogP contribution >= 0.6 is 11.8 Å². The molecular weight excluding hydrogens is 372 g/mol. The normalized spacial score (nSPS) is 11.9. The van der Waals surface area contributed by atoms with E-state index in [-0.39, 0.29) is 24.2 Å².